The maximum atomic E-state index is 5.91. The van der Waals surface area contributed by atoms with Crippen molar-refractivity contribution in [3.05, 3.63) is 12.2 Å². The molecule has 2 atom stereocenters. The molecule has 2 unspecified atom stereocenters. The normalized spacial score (nSPS) is 23.7. The van der Waals surface area contributed by atoms with Crippen molar-refractivity contribution in [2.75, 3.05) is 13.1 Å². The second-order valence-corrected chi connectivity index (χ2v) is 5.77. The van der Waals surface area contributed by atoms with E-state index in [9.17, 15) is 0 Å². The minimum absolute atomic E-state index is 0.366. The fourth-order valence-electron chi connectivity index (χ4n) is 3.24. The Labute approximate surface area is 116 Å². The summed E-state index contributed by atoms with van der Waals surface area (Å²) in [5.41, 5.74) is 5.91. The fraction of sp³-hybridized carbons (Fsp3) is 0.857. The van der Waals surface area contributed by atoms with E-state index in [1.165, 1.54) is 19.3 Å². The predicted molar refractivity (Wildman–Crippen MR) is 76.7 cm³/mol. The number of nitrogens with zero attached hydrogens (tertiary/aromatic N) is 4. The lowest BCUT2D eigenvalue weighted by Crippen LogP contribution is -2.40. The summed E-state index contributed by atoms with van der Waals surface area (Å²) in [5, 5.41) is 4.32. The Morgan fingerprint density at radius 2 is 2.26 bits per heavy atom. The molecule has 2 N–H and O–H groups in total. The fourth-order valence-corrected chi connectivity index (χ4v) is 3.24. The van der Waals surface area contributed by atoms with Gasteiger partial charge in [0.25, 0.3) is 0 Å². The van der Waals surface area contributed by atoms with Crippen molar-refractivity contribution < 1.29 is 0 Å². The number of aromatic nitrogens is 3. The SMILES string of the molecule is CCN(Cc1ncnn1C(C)C)C1CCCC1CN. The molecule has 0 spiro atoms. The third-order valence-electron chi connectivity index (χ3n) is 4.28. The predicted octanol–water partition coefficient (Wildman–Crippen LogP) is 1.81. The van der Waals surface area contributed by atoms with Crippen LogP contribution in [0.15, 0.2) is 6.33 Å². The van der Waals surface area contributed by atoms with Gasteiger partial charge in [0.05, 0.1) is 6.54 Å². The molecule has 0 aromatic carbocycles. The van der Waals surface area contributed by atoms with Crippen molar-refractivity contribution in [1.82, 2.24) is 19.7 Å². The topological polar surface area (TPSA) is 60.0 Å². The molecule has 0 amide bonds. The molecule has 1 aliphatic carbocycles. The van der Waals surface area contributed by atoms with Crippen molar-refractivity contribution in [2.24, 2.45) is 11.7 Å². The maximum Gasteiger partial charge on any atom is 0.141 e. The minimum atomic E-state index is 0.366. The molecule has 5 nitrogen and oxygen atoms in total. The lowest BCUT2D eigenvalue weighted by atomic mass is 10.0. The lowest BCUT2D eigenvalue weighted by Gasteiger charge is -2.31. The van der Waals surface area contributed by atoms with Crippen molar-refractivity contribution >= 4 is 0 Å². The zero-order chi connectivity index (χ0) is 13.8. The van der Waals surface area contributed by atoms with Gasteiger partial charge in [-0.3, -0.25) is 4.90 Å². The van der Waals surface area contributed by atoms with E-state index < -0.39 is 0 Å². The maximum absolute atomic E-state index is 5.91. The summed E-state index contributed by atoms with van der Waals surface area (Å²) in [4.78, 5) is 6.95. The molecule has 1 saturated carbocycles. The third kappa shape index (κ3) is 3.15. The minimum Gasteiger partial charge on any atom is -0.330 e. The van der Waals surface area contributed by atoms with Gasteiger partial charge in [0.2, 0.25) is 0 Å². The summed E-state index contributed by atoms with van der Waals surface area (Å²) in [6.45, 7) is 9.25. The summed E-state index contributed by atoms with van der Waals surface area (Å²) < 4.78 is 2.02. The molecule has 1 heterocycles. The van der Waals surface area contributed by atoms with Crippen LogP contribution >= 0.6 is 0 Å². The third-order valence-corrected chi connectivity index (χ3v) is 4.28. The van der Waals surface area contributed by atoms with E-state index in [2.05, 4.69) is 35.8 Å². The largest absolute Gasteiger partial charge is 0.330 e. The van der Waals surface area contributed by atoms with Crippen LogP contribution in [0.1, 0.15) is 51.9 Å². The molecule has 0 radical (unpaired) electrons. The van der Waals surface area contributed by atoms with E-state index in [4.69, 9.17) is 5.73 Å². The molecule has 1 aliphatic rings. The Kier molecular flexibility index (Phi) is 4.93. The zero-order valence-corrected chi connectivity index (χ0v) is 12.4. The highest BCUT2D eigenvalue weighted by Crippen LogP contribution is 2.30. The number of rotatable bonds is 6. The van der Waals surface area contributed by atoms with Crippen LogP contribution in [-0.4, -0.2) is 38.8 Å². The quantitative estimate of drug-likeness (QED) is 0.852. The molecule has 0 aliphatic heterocycles. The van der Waals surface area contributed by atoms with Crippen LogP contribution in [0.5, 0.6) is 0 Å². The van der Waals surface area contributed by atoms with E-state index in [0.717, 1.165) is 25.5 Å². The Balaban J connectivity index is 2.08. The smallest absolute Gasteiger partial charge is 0.141 e. The van der Waals surface area contributed by atoms with Crippen molar-refractivity contribution in [1.29, 1.82) is 0 Å². The molecule has 1 fully saturated rings. The first-order valence-corrected chi connectivity index (χ1v) is 7.49. The molecule has 2 rings (SSSR count). The Morgan fingerprint density at radius 3 is 2.89 bits per heavy atom. The van der Waals surface area contributed by atoms with Crippen LogP contribution in [0, 0.1) is 5.92 Å². The molecular formula is C14H27N5. The summed E-state index contributed by atoms with van der Waals surface area (Å²) >= 11 is 0. The number of hydrogen-bond acceptors (Lipinski definition) is 4. The second kappa shape index (κ2) is 6.48. The van der Waals surface area contributed by atoms with Gasteiger partial charge in [-0.1, -0.05) is 13.3 Å². The van der Waals surface area contributed by atoms with Crippen LogP contribution in [0.2, 0.25) is 0 Å². The number of nitrogens with two attached hydrogens (primary N) is 1. The highest BCUT2D eigenvalue weighted by atomic mass is 15.4. The Morgan fingerprint density at radius 1 is 1.47 bits per heavy atom. The molecular weight excluding hydrogens is 238 g/mol. The summed E-state index contributed by atoms with van der Waals surface area (Å²) in [6.07, 6.45) is 5.51. The highest BCUT2D eigenvalue weighted by molar-refractivity contribution is 4.91. The van der Waals surface area contributed by atoms with Crippen LogP contribution < -0.4 is 5.73 Å². The molecule has 1 aromatic rings. The van der Waals surface area contributed by atoms with Crippen LogP contribution in [-0.2, 0) is 6.54 Å². The standard InChI is InChI=1S/C14H27N5/c1-4-18(13-7-5-6-12(13)8-15)9-14-16-10-17-19(14)11(2)3/h10-13H,4-9,15H2,1-3H3. The summed E-state index contributed by atoms with van der Waals surface area (Å²) in [5.74, 6) is 1.72. The van der Waals surface area contributed by atoms with E-state index in [1.54, 1.807) is 6.33 Å². The van der Waals surface area contributed by atoms with Gasteiger partial charge in [-0.25, -0.2) is 9.67 Å². The molecule has 19 heavy (non-hydrogen) atoms. The van der Waals surface area contributed by atoms with Crippen molar-refractivity contribution in [3.63, 3.8) is 0 Å². The van der Waals surface area contributed by atoms with E-state index in [0.29, 0.717) is 18.0 Å². The van der Waals surface area contributed by atoms with Gasteiger partial charge in [-0.2, -0.15) is 5.10 Å². The van der Waals surface area contributed by atoms with Gasteiger partial charge < -0.3 is 5.73 Å². The molecule has 0 saturated heterocycles. The van der Waals surface area contributed by atoms with Gasteiger partial charge in [0.1, 0.15) is 12.2 Å². The average molecular weight is 265 g/mol. The average Bonchev–Trinajstić information content (AvgIpc) is 3.04. The molecule has 0 bridgehead atoms. The zero-order valence-electron chi connectivity index (χ0n) is 12.4. The van der Waals surface area contributed by atoms with Gasteiger partial charge in [-0.15, -0.1) is 0 Å². The summed E-state index contributed by atoms with van der Waals surface area (Å²) in [6, 6.07) is 0.984. The summed E-state index contributed by atoms with van der Waals surface area (Å²) in [7, 11) is 0. The molecule has 108 valence electrons. The van der Waals surface area contributed by atoms with Crippen molar-refractivity contribution in [3.8, 4) is 0 Å². The molecule has 5 heteroatoms. The first-order chi connectivity index (χ1) is 9.17. The molecule has 1 aromatic heterocycles. The van der Waals surface area contributed by atoms with Gasteiger partial charge >= 0.3 is 0 Å². The first kappa shape index (κ1) is 14.5. The lowest BCUT2D eigenvalue weighted by molar-refractivity contribution is 0.155. The Hall–Kier alpha value is -0.940. The van der Waals surface area contributed by atoms with Crippen LogP contribution in [0.3, 0.4) is 0 Å². The van der Waals surface area contributed by atoms with Gasteiger partial charge in [0.15, 0.2) is 0 Å². The second-order valence-electron chi connectivity index (χ2n) is 5.77. The van der Waals surface area contributed by atoms with Gasteiger partial charge in [-0.05, 0) is 45.7 Å². The van der Waals surface area contributed by atoms with E-state index in [-0.39, 0.29) is 0 Å². The number of hydrogen-bond donors (Lipinski definition) is 1. The Bertz CT molecular complexity index is 387. The van der Waals surface area contributed by atoms with Crippen LogP contribution in [0.25, 0.3) is 0 Å². The van der Waals surface area contributed by atoms with Gasteiger partial charge in [0, 0.05) is 12.1 Å². The monoisotopic (exact) mass is 265 g/mol. The van der Waals surface area contributed by atoms with Crippen LogP contribution in [0.4, 0.5) is 0 Å². The van der Waals surface area contributed by atoms with E-state index >= 15 is 0 Å². The first-order valence-electron chi connectivity index (χ1n) is 7.49. The van der Waals surface area contributed by atoms with E-state index in [1.807, 2.05) is 4.68 Å². The highest BCUT2D eigenvalue weighted by Gasteiger charge is 2.31. The van der Waals surface area contributed by atoms with Crippen molar-refractivity contribution in [2.45, 2.75) is 58.7 Å².